The molecule has 26 heavy (non-hydrogen) atoms. The fraction of sp³-hybridized carbons (Fsp3) is 0.278. The molecular formula is C18H18Cl2N4OS. The maximum absolute atomic E-state index is 12.0. The van der Waals surface area contributed by atoms with Gasteiger partial charge in [0, 0.05) is 38.7 Å². The number of carbonyl (C=O) groups excluding carboxylic acids is 1. The SMILES string of the molecule is Cc1nn(Cc2c(Cl)cccc2Cl)c(C)c1/C=C/C(=O)NC1=NCCS1. The molecule has 1 N–H and O–H groups in total. The number of amides is 1. The summed E-state index contributed by atoms with van der Waals surface area (Å²) in [7, 11) is 0. The van der Waals surface area contributed by atoms with Crippen LogP contribution in [0.5, 0.6) is 0 Å². The summed E-state index contributed by atoms with van der Waals surface area (Å²) in [5, 5.41) is 9.23. The molecule has 5 nitrogen and oxygen atoms in total. The molecule has 0 saturated heterocycles. The maximum Gasteiger partial charge on any atom is 0.249 e. The molecule has 0 saturated carbocycles. The fourth-order valence-corrected chi connectivity index (χ4v) is 3.90. The molecule has 0 bridgehead atoms. The van der Waals surface area contributed by atoms with Crippen LogP contribution < -0.4 is 5.32 Å². The monoisotopic (exact) mass is 408 g/mol. The lowest BCUT2D eigenvalue weighted by molar-refractivity contribution is -0.115. The van der Waals surface area contributed by atoms with E-state index in [0.717, 1.165) is 34.8 Å². The van der Waals surface area contributed by atoms with Crippen LogP contribution in [0.3, 0.4) is 0 Å². The van der Waals surface area contributed by atoms with Crippen LogP contribution >= 0.6 is 35.0 Å². The van der Waals surface area contributed by atoms with E-state index in [9.17, 15) is 4.79 Å². The zero-order chi connectivity index (χ0) is 18.7. The van der Waals surface area contributed by atoms with Crippen LogP contribution in [0.4, 0.5) is 0 Å². The summed E-state index contributed by atoms with van der Waals surface area (Å²) >= 11 is 14.1. The van der Waals surface area contributed by atoms with Gasteiger partial charge in [0.25, 0.3) is 0 Å². The Morgan fingerprint density at radius 1 is 1.35 bits per heavy atom. The Morgan fingerprint density at radius 3 is 2.73 bits per heavy atom. The highest BCUT2D eigenvalue weighted by Crippen LogP contribution is 2.26. The number of benzene rings is 1. The van der Waals surface area contributed by atoms with Gasteiger partial charge in [-0.25, -0.2) is 0 Å². The lowest BCUT2D eigenvalue weighted by atomic mass is 10.1. The van der Waals surface area contributed by atoms with Crippen molar-refractivity contribution in [1.29, 1.82) is 0 Å². The first kappa shape index (κ1) is 19.0. The van der Waals surface area contributed by atoms with E-state index in [2.05, 4.69) is 15.4 Å². The van der Waals surface area contributed by atoms with Crippen LogP contribution in [-0.4, -0.2) is 33.2 Å². The van der Waals surface area contributed by atoms with E-state index in [1.54, 1.807) is 17.8 Å². The third-order valence-corrected chi connectivity index (χ3v) is 5.62. The maximum atomic E-state index is 12.0. The quantitative estimate of drug-likeness (QED) is 0.774. The first-order chi connectivity index (χ1) is 12.5. The highest BCUT2D eigenvalue weighted by atomic mass is 35.5. The second-order valence-electron chi connectivity index (χ2n) is 5.80. The first-order valence-electron chi connectivity index (χ1n) is 8.09. The zero-order valence-electron chi connectivity index (χ0n) is 14.4. The average Bonchev–Trinajstić information content (AvgIpc) is 3.18. The number of nitrogens with zero attached hydrogens (tertiary/aromatic N) is 3. The number of amidine groups is 1. The standard InChI is InChI=1S/C18H18Cl2N4OS/c1-11-13(6-7-17(25)22-18-21-8-9-26-18)12(2)24(23-11)10-14-15(19)4-3-5-16(14)20/h3-7H,8-10H2,1-2H3,(H,21,22,25)/b7-6+. The van der Waals surface area contributed by atoms with E-state index in [0.29, 0.717) is 21.8 Å². The third-order valence-electron chi connectivity index (χ3n) is 4.02. The van der Waals surface area contributed by atoms with Crippen LogP contribution in [0.1, 0.15) is 22.5 Å². The van der Waals surface area contributed by atoms with Gasteiger partial charge in [0.15, 0.2) is 5.17 Å². The predicted octanol–water partition coefficient (Wildman–Crippen LogP) is 4.09. The molecule has 0 aliphatic carbocycles. The second-order valence-corrected chi connectivity index (χ2v) is 7.70. The summed E-state index contributed by atoms with van der Waals surface area (Å²) < 4.78 is 1.84. The Balaban J connectivity index is 1.77. The largest absolute Gasteiger partial charge is 0.302 e. The predicted molar refractivity (Wildman–Crippen MR) is 109 cm³/mol. The van der Waals surface area contributed by atoms with Crippen LogP contribution in [0, 0.1) is 13.8 Å². The van der Waals surface area contributed by atoms with Crippen LogP contribution in [-0.2, 0) is 11.3 Å². The topological polar surface area (TPSA) is 59.3 Å². The first-order valence-corrected chi connectivity index (χ1v) is 9.83. The summed E-state index contributed by atoms with van der Waals surface area (Å²) in [4.78, 5) is 16.2. The summed E-state index contributed by atoms with van der Waals surface area (Å²) in [5.41, 5.74) is 3.51. The lowest BCUT2D eigenvalue weighted by Crippen LogP contribution is -2.25. The molecule has 1 amide bonds. The van der Waals surface area contributed by atoms with Crippen molar-refractivity contribution in [2.75, 3.05) is 12.3 Å². The number of thioether (sulfide) groups is 1. The number of hydrogen-bond donors (Lipinski definition) is 1. The minimum absolute atomic E-state index is 0.196. The van der Waals surface area contributed by atoms with Crippen LogP contribution in [0.25, 0.3) is 6.08 Å². The molecule has 0 radical (unpaired) electrons. The van der Waals surface area contributed by atoms with Crippen molar-refractivity contribution >= 4 is 52.1 Å². The van der Waals surface area contributed by atoms with Gasteiger partial charge >= 0.3 is 0 Å². The minimum atomic E-state index is -0.196. The van der Waals surface area contributed by atoms with E-state index in [-0.39, 0.29) is 5.91 Å². The molecule has 0 fully saturated rings. The molecular weight excluding hydrogens is 391 g/mol. The lowest BCUT2D eigenvalue weighted by Gasteiger charge is -2.09. The number of aryl methyl sites for hydroxylation is 1. The van der Waals surface area contributed by atoms with E-state index < -0.39 is 0 Å². The van der Waals surface area contributed by atoms with Gasteiger partial charge in [0.2, 0.25) is 5.91 Å². The minimum Gasteiger partial charge on any atom is -0.302 e. The molecule has 0 atom stereocenters. The van der Waals surface area contributed by atoms with Crippen LogP contribution in [0.2, 0.25) is 10.0 Å². The van der Waals surface area contributed by atoms with Crippen molar-refractivity contribution < 1.29 is 4.79 Å². The number of halogens is 2. The van der Waals surface area contributed by atoms with Crippen molar-refractivity contribution in [3.8, 4) is 0 Å². The van der Waals surface area contributed by atoms with Crippen molar-refractivity contribution in [2.45, 2.75) is 20.4 Å². The van der Waals surface area contributed by atoms with Crippen molar-refractivity contribution in [3.63, 3.8) is 0 Å². The van der Waals surface area contributed by atoms with E-state index in [1.165, 1.54) is 6.08 Å². The van der Waals surface area contributed by atoms with E-state index >= 15 is 0 Å². The fourth-order valence-electron chi connectivity index (χ4n) is 2.66. The molecule has 1 aliphatic rings. The smallest absolute Gasteiger partial charge is 0.249 e. The number of aliphatic imine (C=N–C) groups is 1. The molecule has 0 unspecified atom stereocenters. The van der Waals surface area contributed by atoms with Gasteiger partial charge in [-0.1, -0.05) is 41.0 Å². The molecule has 0 spiro atoms. The Hall–Kier alpha value is -1.76. The third kappa shape index (κ3) is 4.31. The summed E-state index contributed by atoms with van der Waals surface area (Å²) in [5.74, 6) is 0.716. The van der Waals surface area contributed by atoms with Crippen LogP contribution in [0.15, 0.2) is 29.3 Å². The Bertz CT molecular complexity index is 885. The molecule has 2 heterocycles. The zero-order valence-corrected chi connectivity index (χ0v) is 16.8. The molecule has 1 aromatic heterocycles. The molecule has 2 aromatic rings. The van der Waals surface area contributed by atoms with E-state index in [1.807, 2.05) is 36.7 Å². The van der Waals surface area contributed by atoms with Crippen molar-refractivity contribution in [2.24, 2.45) is 4.99 Å². The second kappa shape index (κ2) is 8.29. The molecule has 8 heteroatoms. The normalized spacial score (nSPS) is 14.1. The van der Waals surface area contributed by atoms with Gasteiger partial charge in [-0.15, -0.1) is 0 Å². The molecule has 3 rings (SSSR count). The van der Waals surface area contributed by atoms with Gasteiger partial charge < -0.3 is 5.32 Å². The average molecular weight is 409 g/mol. The highest BCUT2D eigenvalue weighted by Gasteiger charge is 2.14. The van der Waals surface area contributed by atoms with Gasteiger partial charge in [0.1, 0.15) is 0 Å². The summed E-state index contributed by atoms with van der Waals surface area (Å²) in [6.45, 7) is 5.09. The summed E-state index contributed by atoms with van der Waals surface area (Å²) in [6, 6.07) is 5.43. The number of carbonyl (C=O) groups is 1. The van der Waals surface area contributed by atoms with Gasteiger partial charge in [-0.2, -0.15) is 5.10 Å². The van der Waals surface area contributed by atoms with Gasteiger partial charge in [-0.05, 0) is 32.1 Å². The highest BCUT2D eigenvalue weighted by molar-refractivity contribution is 8.14. The number of nitrogens with one attached hydrogen (secondary N) is 1. The summed E-state index contributed by atoms with van der Waals surface area (Å²) in [6.07, 6.45) is 3.28. The van der Waals surface area contributed by atoms with Crippen molar-refractivity contribution in [3.05, 3.63) is 56.8 Å². The van der Waals surface area contributed by atoms with Crippen molar-refractivity contribution in [1.82, 2.24) is 15.1 Å². The van der Waals surface area contributed by atoms with E-state index in [4.69, 9.17) is 23.2 Å². The van der Waals surface area contributed by atoms with Gasteiger partial charge in [-0.3, -0.25) is 14.5 Å². The Morgan fingerprint density at radius 2 is 2.08 bits per heavy atom. The molecule has 1 aliphatic heterocycles. The Kier molecular flexibility index (Phi) is 6.06. The molecule has 136 valence electrons. The molecule has 1 aromatic carbocycles. The van der Waals surface area contributed by atoms with Gasteiger partial charge in [0.05, 0.1) is 18.8 Å². The number of hydrogen-bond acceptors (Lipinski definition) is 4. The number of rotatable bonds is 4. The Labute approximate surface area is 166 Å². The number of aromatic nitrogens is 2.